The Labute approximate surface area is 127 Å². The van der Waals surface area contributed by atoms with E-state index >= 15 is 0 Å². The second kappa shape index (κ2) is 4.84. The molecule has 2 aliphatic rings. The molecule has 0 unspecified atom stereocenters. The quantitative estimate of drug-likeness (QED) is 0.854. The number of ether oxygens (including phenoxy) is 1. The molecule has 0 aliphatic carbocycles. The number of carbonyl (C=O) groups excluding carboxylic acids is 1. The van der Waals surface area contributed by atoms with Crippen LogP contribution in [0, 0.1) is 11.3 Å². The van der Waals surface area contributed by atoms with Gasteiger partial charge in [0.15, 0.2) is 0 Å². The Bertz CT molecular complexity index is 541. The van der Waals surface area contributed by atoms with Gasteiger partial charge in [0.25, 0.3) is 0 Å². The van der Waals surface area contributed by atoms with E-state index in [1.807, 2.05) is 23.1 Å². The van der Waals surface area contributed by atoms with Gasteiger partial charge in [0, 0.05) is 6.42 Å². The standard InChI is InChI=1S/C18H25NO2/c1-13(2)15-11-21-18(4)12-17(3,16(20)19(15)18)10-14-8-6-5-7-9-14/h5-9,13,15H,10-12H2,1-4H3/t15-,17+,18-/m1/s1. The second-order valence-electron chi connectivity index (χ2n) is 7.37. The van der Waals surface area contributed by atoms with E-state index in [4.69, 9.17) is 4.74 Å². The van der Waals surface area contributed by atoms with Crippen molar-refractivity contribution in [1.82, 2.24) is 4.90 Å². The zero-order valence-electron chi connectivity index (χ0n) is 13.4. The molecule has 2 aliphatic heterocycles. The fraction of sp³-hybridized carbons (Fsp3) is 0.611. The molecule has 3 heteroatoms. The van der Waals surface area contributed by atoms with E-state index in [0.717, 1.165) is 12.8 Å². The first kappa shape index (κ1) is 14.6. The third-order valence-corrected chi connectivity index (χ3v) is 5.07. The van der Waals surface area contributed by atoms with Crippen LogP contribution in [0.4, 0.5) is 0 Å². The first-order valence-electron chi connectivity index (χ1n) is 7.87. The average Bonchev–Trinajstić information content (AvgIpc) is 2.84. The van der Waals surface area contributed by atoms with Gasteiger partial charge in [-0.2, -0.15) is 0 Å². The molecule has 0 radical (unpaired) electrons. The number of carbonyl (C=O) groups is 1. The van der Waals surface area contributed by atoms with Crippen molar-refractivity contribution in [2.24, 2.45) is 11.3 Å². The number of nitrogens with zero attached hydrogens (tertiary/aromatic N) is 1. The van der Waals surface area contributed by atoms with E-state index < -0.39 is 5.72 Å². The van der Waals surface area contributed by atoms with Crippen molar-refractivity contribution in [3.05, 3.63) is 35.9 Å². The van der Waals surface area contributed by atoms with Crippen molar-refractivity contribution < 1.29 is 9.53 Å². The number of fused-ring (bicyclic) bond motifs is 1. The molecule has 0 N–H and O–H groups in total. The first-order valence-corrected chi connectivity index (χ1v) is 7.87. The summed E-state index contributed by atoms with van der Waals surface area (Å²) in [6.07, 6.45) is 1.56. The minimum atomic E-state index is -0.421. The van der Waals surface area contributed by atoms with Gasteiger partial charge >= 0.3 is 0 Å². The third-order valence-electron chi connectivity index (χ3n) is 5.07. The Kier molecular flexibility index (Phi) is 3.36. The molecule has 3 rings (SSSR count). The Balaban J connectivity index is 1.88. The minimum Gasteiger partial charge on any atom is -0.354 e. The number of hydrogen-bond donors (Lipinski definition) is 0. The van der Waals surface area contributed by atoms with Crippen LogP contribution in [-0.4, -0.2) is 29.2 Å². The van der Waals surface area contributed by atoms with Gasteiger partial charge in [-0.1, -0.05) is 51.1 Å². The number of hydrogen-bond acceptors (Lipinski definition) is 2. The molecule has 21 heavy (non-hydrogen) atoms. The van der Waals surface area contributed by atoms with Crippen molar-refractivity contribution in [2.75, 3.05) is 6.61 Å². The van der Waals surface area contributed by atoms with Crippen molar-refractivity contribution >= 4 is 5.91 Å². The summed E-state index contributed by atoms with van der Waals surface area (Å²) in [4.78, 5) is 15.1. The van der Waals surface area contributed by atoms with Gasteiger partial charge in [0.1, 0.15) is 5.72 Å². The Morgan fingerprint density at radius 3 is 2.57 bits per heavy atom. The molecule has 0 spiro atoms. The molecule has 114 valence electrons. The lowest BCUT2D eigenvalue weighted by molar-refractivity contribution is -0.141. The summed E-state index contributed by atoms with van der Waals surface area (Å²) in [7, 11) is 0. The summed E-state index contributed by atoms with van der Waals surface area (Å²) in [6, 6.07) is 10.5. The van der Waals surface area contributed by atoms with Crippen LogP contribution in [0.25, 0.3) is 0 Å². The van der Waals surface area contributed by atoms with Crippen molar-refractivity contribution in [3.63, 3.8) is 0 Å². The van der Waals surface area contributed by atoms with Crippen LogP contribution < -0.4 is 0 Å². The highest BCUT2D eigenvalue weighted by atomic mass is 16.5. The van der Waals surface area contributed by atoms with Gasteiger partial charge in [-0.15, -0.1) is 0 Å². The average molecular weight is 287 g/mol. The molecule has 2 heterocycles. The molecule has 1 aromatic rings. The summed E-state index contributed by atoms with van der Waals surface area (Å²) < 4.78 is 6.05. The Hall–Kier alpha value is -1.35. The highest BCUT2D eigenvalue weighted by molar-refractivity contribution is 5.86. The summed E-state index contributed by atoms with van der Waals surface area (Å²) in [5, 5.41) is 0. The summed E-state index contributed by atoms with van der Waals surface area (Å²) in [5.74, 6) is 0.680. The van der Waals surface area contributed by atoms with Gasteiger partial charge in [-0.25, -0.2) is 0 Å². The van der Waals surface area contributed by atoms with E-state index in [2.05, 4.69) is 39.8 Å². The summed E-state index contributed by atoms with van der Waals surface area (Å²) in [5.41, 5.74) is 0.443. The number of rotatable bonds is 3. The van der Waals surface area contributed by atoms with Gasteiger partial charge in [-0.05, 0) is 24.8 Å². The van der Waals surface area contributed by atoms with Crippen molar-refractivity contribution in [1.29, 1.82) is 0 Å². The lowest BCUT2D eigenvalue weighted by atomic mass is 9.80. The van der Waals surface area contributed by atoms with Crippen LogP contribution in [0.3, 0.4) is 0 Å². The minimum absolute atomic E-state index is 0.208. The monoisotopic (exact) mass is 287 g/mol. The predicted octanol–water partition coefficient (Wildman–Crippen LogP) is 3.24. The largest absolute Gasteiger partial charge is 0.354 e. The fourth-order valence-electron chi connectivity index (χ4n) is 4.03. The number of amides is 1. The Morgan fingerprint density at radius 2 is 1.95 bits per heavy atom. The van der Waals surface area contributed by atoms with E-state index in [0.29, 0.717) is 12.5 Å². The van der Waals surface area contributed by atoms with E-state index in [9.17, 15) is 4.79 Å². The van der Waals surface area contributed by atoms with Crippen LogP contribution >= 0.6 is 0 Å². The molecular weight excluding hydrogens is 262 g/mol. The maximum absolute atomic E-state index is 13.1. The van der Waals surface area contributed by atoms with Crippen LogP contribution in [0.1, 0.15) is 39.7 Å². The normalized spacial score (nSPS) is 35.6. The fourth-order valence-corrected chi connectivity index (χ4v) is 4.03. The molecule has 3 nitrogen and oxygen atoms in total. The zero-order valence-corrected chi connectivity index (χ0v) is 13.4. The summed E-state index contributed by atoms with van der Waals surface area (Å²) >= 11 is 0. The molecule has 2 fully saturated rings. The molecule has 0 aromatic heterocycles. The summed E-state index contributed by atoms with van der Waals surface area (Å²) in [6.45, 7) is 9.16. The van der Waals surface area contributed by atoms with Crippen molar-refractivity contribution in [3.8, 4) is 0 Å². The van der Waals surface area contributed by atoms with Crippen LogP contribution in [-0.2, 0) is 16.0 Å². The first-order chi connectivity index (χ1) is 9.86. The molecule has 1 aromatic carbocycles. The molecule has 3 atom stereocenters. The molecule has 0 bridgehead atoms. The molecule has 2 saturated heterocycles. The van der Waals surface area contributed by atoms with Crippen LogP contribution in [0.5, 0.6) is 0 Å². The topological polar surface area (TPSA) is 29.5 Å². The maximum atomic E-state index is 13.1. The van der Waals surface area contributed by atoms with Crippen LogP contribution in [0.15, 0.2) is 30.3 Å². The van der Waals surface area contributed by atoms with Gasteiger partial charge < -0.3 is 9.64 Å². The van der Waals surface area contributed by atoms with E-state index in [1.165, 1.54) is 5.56 Å². The molecular formula is C18H25NO2. The Morgan fingerprint density at radius 1 is 1.29 bits per heavy atom. The smallest absolute Gasteiger partial charge is 0.231 e. The van der Waals surface area contributed by atoms with Crippen LogP contribution in [0.2, 0.25) is 0 Å². The lowest BCUT2D eigenvalue weighted by Crippen LogP contribution is -2.46. The zero-order chi connectivity index (χ0) is 15.3. The lowest BCUT2D eigenvalue weighted by Gasteiger charge is -2.31. The van der Waals surface area contributed by atoms with Crippen molar-refractivity contribution in [2.45, 2.75) is 52.3 Å². The second-order valence-corrected chi connectivity index (χ2v) is 7.37. The third kappa shape index (κ3) is 2.28. The predicted molar refractivity (Wildman–Crippen MR) is 82.7 cm³/mol. The molecule has 1 amide bonds. The van der Waals surface area contributed by atoms with Gasteiger partial charge in [-0.3, -0.25) is 4.79 Å². The van der Waals surface area contributed by atoms with Gasteiger partial charge in [0.2, 0.25) is 5.91 Å². The van der Waals surface area contributed by atoms with E-state index in [-0.39, 0.29) is 17.4 Å². The number of benzene rings is 1. The maximum Gasteiger partial charge on any atom is 0.231 e. The highest BCUT2D eigenvalue weighted by Gasteiger charge is 2.61. The SMILES string of the molecule is CC(C)[C@H]1CO[C@]2(C)C[C@](C)(Cc3ccccc3)C(=O)N12. The molecule has 0 saturated carbocycles. The highest BCUT2D eigenvalue weighted by Crippen LogP contribution is 2.50. The van der Waals surface area contributed by atoms with E-state index in [1.54, 1.807) is 0 Å². The van der Waals surface area contributed by atoms with Gasteiger partial charge in [0.05, 0.1) is 18.1 Å².